The smallest absolute Gasteiger partial charge is 0.236 e. The van der Waals surface area contributed by atoms with Crippen molar-refractivity contribution in [3.05, 3.63) is 163 Å². The van der Waals surface area contributed by atoms with E-state index in [9.17, 15) is 26.3 Å². The lowest BCUT2D eigenvalue weighted by molar-refractivity contribution is -0.143. The molecule has 8 heteroatoms. The van der Waals surface area contributed by atoms with Gasteiger partial charge in [-0.05, 0) is 120 Å². The van der Waals surface area contributed by atoms with E-state index >= 15 is 0 Å². The Kier molecular flexibility index (Phi) is 7.64. The zero-order valence-electron chi connectivity index (χ0n) is 27.6. The molecule has 1 heterocycles. The summed E-state index contributed by atoms with van der Waals surface area (Å²) < 4.78 is 82.2. The molecule has 258 valence electrons. The number of hydrogen-bond acceptors (Lipinski definition) is 2. The van der Waals surface area contributed by atoms with Crippen LogP contribution in [0.1, 0.15) is 11.1 Å². The molecule has 0 fully saturated rings. The maximum atomic E-state index is 13.5. The fourth-order valence-electron chi connectivity index (χ4n) is 6.96. The minimum atomic E-state index is -4.92. The van der Waals surface area contributed by atoms with Gasteiger partial charge in [0.2, 0.25) is 0 Å². The maximum Gasteiger partial charge on any atom is 0.416 e. The number of benzene rings is 8. The highest BCUT2D eigenvalue weighted by Crippen LogP contribution is 2.40. The first-order valence-electron chi connectivity index (χ1n) is 16.7. The molecule has 0 atom stereocenters. The van der Waals surface area contributed by atoms with Crippen LogP contribution in [-0.4, -0.2) is 4.98 Å². The van der Waals surface area contributed by atoms with Crippen LogP contribution in [0.3, 0.4) is 0 Å². The van der Waals surface area contributed by atoms with Gasteiger partial charge >= 0.3 is 12.4 Å². The second kappa shape index (κ2) is 12.3. The molecule has 0 spiro atoms. The van der Waals surface area contributed by atoms with Crippen LogP contribution in [0.25, 0.3) is 86.5 Å². The van der Waals surface area contributed by atoms with E-state index in [1.54, 1.807) is 29.5 Å². The van der Waals surface area contributed by atoms with Crippen molar-refractivity contribution in [3.8, 4) is 44.0 Å². The summed E-state index contributed by atoms with van der Waals surface area (Å²) in [6.07, 6.45) is -9.83. The number of rotatable bonds is 4. The molecule has 9 rings (SSSR count). The van der Waals surface area contributed by atoms with Crippen LogP contribution in [0, 0.1) is 0 Å². The van der Waals surface area contributed by atoms with Gasteiger partial charge in [0.05, 0.1) is 21.3 Å². The quantitative estimate of drug-likeness (QED) is 0.130. The molecular formula is C45H25F6NS. The Bertz CT molecular complexity index is 2800. The normalized spacial score (nSPS) is 12.3. The van der Waals surface area contributed by atoms with Crippen molar-refractivity contribution in [2.75, 3.05) is 0 Å². The van der Waals surface area contributed by atoms with E-state index in [1.165, 1.54) is 4.70 Å². The lowest BCUT2D eigenvalue weighted by Crippen LogP contribution is -2.11. The molecule has 0 saturated carbocycles. The van der Waals surface area contributed by atoms with Crippen molar-refractivity contribution in [2.24, 2.45) is 0 Å². The van der Waals surface area contributed by atoms with Crippen LogP contribution in [-0.2, 0) is 12.4 Å². The Balaban J connectivity index is 0.995. The average molecular weight is 726 g/mol. The molecule has 1 nitrogen and oxygen atoms in total. The van der Waals surface area contributed by atoms with Gasteiger partial charge in [-0.15, -0.1) is 11.3 Å². The summed E-state index contributed by atoms with van der Waals surface area (Å²) in [5.41, 5.74) is 3.85. The van der Waals surface area contributed by atoms with E-state index < -0.39 is 23.5 Å². The van der Waals surface area contributed by atoms with Crippen molar-refractivity contribution in [3.63, 3.8) is 0 Å². The van der Waals surface area contributed by atoms with Crippen LogP contribution in [0.5, 0.6) is 0 Å². The van der Waals surface area contributed by atoms with E-state index in [2.05, 4.69) is 72.8 Å². The Morgan fingerprint density at radius 3 is 1.36 bits per heavy atom. The number of alkyl halides is 6. The second-order valence-electron chi connectivity index (χ2n) is 13.1. The third-order valence-corrected chi connectivity index (χ3v) is 10.8. The van der Waals surface area contributed by atoms with Crippen LogP contribution >= 0.6 is 11.3 Å². The Labute approximate surface area is 303 Å². The lowest BCUT2D eigenvalue weighted by atomic mass is 9.93. The molecule has 0 unspecified atom stereocenters. The van der Waals surface area contributed by atoms with Crippen molar-refractivity contribution >= 4 is 53.9 Å². The van der Waals surface area contributed by atoms with Gasteiger partial charge in [0.15, 0.2) is 0 Å². The fourth-order valence-corrected chi connectivity index (χ4v) is 7.93. The summed E-state index contributed by atoms with van der Waals surface area (Å²) in [6, 6.07) is 46.0. The Hall–Kier alpha value is -5.99. The number of halogens is 6. The molecule has 0 radical (unpaired) electrons. The third kappa shape index (κ3) is 6.19. The van der Waals surface area contributed by atoms with Gasteiger partial charge in [-0.25, -0.2) is 4.98 Å². The number of aromatic nitrogens is 1. The largest absolute Gasteiger partial charge is 0.416 e. The van der Waals surface area contributed by atoms with Crippen LogP contribution in [0.4, 0.5) is 26.3 Å². The lowest BCUT2D eigenvalue weighted by Gasteiger charge is -2.15. The second-order valence-corrected chi connectivity index (χ2v) is 14.1. The molecule has 9 aromatic rings. The van der Waals surface area contributed by atoms with Gasteiger partial charge in [0, 0.05) is 5.56 Å². The third-order valence-electron chi connectivity index (χ3n) is 9.69. The van der Waals surface area contributed by atoms with Gasteiger partial charge < -0.3 is 0 Å². The minimum Gasteiger partial charge on any atom is -0.236 e. The molecule has 0 amide bonds. The standard InChI is InChI=1S/C45H25F6NS/c46-44(47,48)37-23-36(24-38(25-37)45(49,50)51)33-16-18-40-35(22-33)14-13-34-21-32(15-17-39(34)40)31-12-11-29-19-28(9-10-30(29)20-31)26-5-7-27(8-6-26)43-52-41-3-1-2-4-42(41)53-43/h1-25H. The SMILES string of the molecule is FC(F)(F)c1cc(-c2ccc3c(ccc4cc(-c5ccc6cc(-c7ccc(-c8nc9ccccc9s8)cc7)ccc6c5)ccc43)c2)cc(C(F)(F)F)c1. The highest BCUT2D eigenvalue weighted by molar-refractivity contribution is 7.21. The number of hydrogen-bond donors (Lipinski definition) is 0. The molecule has 0 N–H and O–H groups in total. The predicted octanol–water partition coefficient (Wildman–Crippen LogP) is 14.5. The van der Waals surface area contributed by atoms with E-state index in [0.29, 0.717) is 5.39 Å². The maximum absolute atomic E-state index is 13.5. The topological polar surface area (TPSA) is 12.9 Å². The van der Waals surface area contributed by atoms with Gasteiger partial charge in [0.1, 0.15) is 5.01 Å². The van der Waals surface area contributed by atoms with Crippen molar-refractivity contribution < 1.29 is 26.3 Å². The monoisotopic (exact) mass is 725 g/mol. The first kappa shape index (κ1) is 32.9. The summed E-state index contributed by atoms with van der Waals surface area (Å²) in [5, 5.41) is 6.67. The summed E-state index contributed by atoms with van der Waals surface area (Å²) in [4.78, 5) is 4.78. The molecule has 1 aromatic heterocycles. The van der Waals surface area contributed by atoms with Crippen LogP contribution < -0.4 is 0 Å². The molecule has 0 bridgehead atoms. The molecule has 53 heavy (non-hydrogen) atoms. The zero-order valence-corrected chi connectivity index (χ0v) is 28.4. The van der Waals surface area contributed by atoms with Gasteiger partial charge in [-0.1, -0.05) is 97.1 Å². The molecule has 0 aliphatic carbocycles. The van der Waals surface area contributed by atoms with Crippen LogP contribution in [0.15, 0.2) is 152 Å². The number of fused-ring (bicyclic) bond motifs is 5. The number of nitrogens with zero attached hydrogens (tertiary/aromatic N) is 1. The Morgan fingerprint density at radius 2 is 0.811 bits per heavy atom. The summed E-state index contributed by atoms with van der Waals surface area (Å²) in [6.45, 7) is 0. The highest BCUT2D eigenvalue weighted by atomic mass is 32.1. The predicted molar refractivity (Wildman–Crippen MR) is 204 cm³/mol. The first-order chi connectivity index (χ1) is 25.5. The van der Waals surface area contributed by atoms with Crippen LogP contribution in [0.2, 0.25) is 0 Å². The molecule has 0 aliphatic rings. The van der Waals surface area contributed by atoms with Gasteiger partial charge in [-0.2, -0.15) is 26.3 Å². The summed E-state index contributed by atoms with van der Waals surface area (Å²) in [5.74, 6) is 0. The van der Waals surface area contributed by atoms with Crippen molar-refractivity contribution in [1.82, 2.24) is 4.98 Å². The van der Waals surface area contributed by atoms with E-state index in [1.807, 2.05) is 42.5 Å². The van der Waals surface area contributed by atoms with Gasteiger partial charge in [-0.3, -0.25) is 0 Å². The van der Waals surface area contributed by atoms with Crippen molar-refractivity contribution in [2.45, 2.75) is 12.4 Å². The van der Waals surface area contributed by atoms with E-state index in [-0.39, 0.29) is 17.2 Å². The van der Waals surface area contributed by atoms with Gasteiger partial charge in [0.25, 0.3) is 0 Å². The number of thiazole rings is 1. The molecule has 0 aliphatic heterocycles. The van der Waals surface area contributed by atoms with E-state index in [4.69, 9.17) is 4.98 Å². The van der Waals surface area contributed by atoms with Crippen molar-refractivity contribution in [1.29, 1.82) is 0 Å². The zero-order chi connectivity index (χ0) is 36.5. The minimum absolute atomic E-state index is 0.147. The summed E-state index contributed by atoms with van der Waals surface area (Å²) in [7, 11) is 0. The fraction of sp³-hybridized carbons (Fsp3) is 0.0444. The van der Waals surface area contributed by atoms with E-state index in [0.717, 1.165) is 77.4 Å². The average Bonchev–Trinajstić information content (AvgIpc) is 3.61. The molecule has 8 aromatic carbocycles. The number of para-hydroxylation sites is 1. The summed E-state index contributed by atoms with van der Waals surface area (Å²) >= 11 is 1.69. The first-order valence-corrected chi connectivity index (χ1v) is 17.5. The molecule has 0 saturated heterocycles. The Morgan fingerprint density at radius 1 is 0.377 bits per heavy atom. The highest BCUT2D eigenvalue weighted by Gasteiger charge is 2.37. The molecular weight excluding hydrogens is 701 g/mol.